The molecule has 9 nitrogen and oxygen atoms in total. The first-order chi connectivity index (χ1) is 13.4. The molecule has 1 unspecified atom stereocenters. The van der Waals surface area contributed by atoms with Crippen molar-refractivity contribution in [1.82, 2.24) is 19.6 Å². The summed E-state index contributed by atoms with van der Waals surface area (Å²) in [6, 6.07) is 3.39. The summed E-state index contributed by atoms with van der Waals surface area (Å²) in [6.45, 7) is 2.08. The first-order valence-corrected chi connectivity index (χ1v) is 8.71. The van der Waals surface area contributed by atoms with E-state index in [1.54, 1.807) is 23.9 Å². The number of anilines is 1. The summed E-state index contributed by atoms with van der Waals surface area (Å²) in [5, 5.41) is 21.8. The number of nitro groups is 1. The molecular formula is C17H16ClFN6O3. The van der Waals surface area contributed by atoms with E-state index in [9.17, 15) is 19.3 Å². The topological polar surface area (TPSA) is 108 Å². The molecule has 0 saturated heterocycles. The molecule has 1 N–H and O–H groups in total. The largest absolute Gasteiger partial charge is 0.322 e. The van der Waals surface area contributed by atoms with Gasteiger partial charge in [-0.1, -0.05) is 24.6 Å². The lowest BCUT2D eigenvalue weighted by Crippen LogP contribution is -2.25. The lowest BCUT2D eigenvalue weighted by atomic mass is 10.2. The molecule has 1 aromatic carbocycles. The number of rotatable bonds is 7. The number of amides is 1. The van der Waals surface area contributed by atoms with E-state index >= 15 is 0 Å². The van der Waals surface area contributed by atoms with Crippen molar-refractivity contribution in [3.05, 3.63) is 69.5 Å². The third kappa shape index (κ3) is 4.34. The molecular weight excluding hydrogens is 391 g/mol. The van der Waals surface area contributed by atoms with E-state index in [1.807, 2.05) is 0 Å². The summed E-state index contributed by atoms with van der Waals surface area (Å²) in [4.78, 5) is 22.8. The van der Waals surface area contributed by atoms with E-state index in [0.717, 1.165) is 6.20 Å². The molecule has 0 spiro atoms. The van der Waals surface area contributed by atoms with Crippen molar-refractivity contribution in [2.24, 2.45) is 0 Å². The Kier molecular flexibility index (Phi) is 5.69. The Morgan fingerprint density at radius 1 is 1.36 bits per heavy atom. The van der Waals surface area contributed by atoms with Gasteiger partial charge in [0.2, 0.25) is 5.91 Å². The molecule has 146 valence electrons. The zero-order valence-electron chi connectivity index (χ0n) is 14.7. The number of hydrogen-bond acceptors (Lipinski definition) is 5. The molecule has 2 aromatic heterocycles. The van der Waals surface area contributed by atoms with E-state index in [1.165, 1.54) is 29.2 Å². The van der Waals surface area contributed by atoms with Gasteiger partial charge in [-0.25, -0.2) is 4.39 Å². The standard InChI is InChI=1S/C17H16ClFN6O3/c1-2-16(24-10-14(7-21-24)25(27)28)17(26)22-13-6-20-23(9-13)8-11-3-4-12(19)5-15(11)18/h3-7,9-10,16H,2,8H2,1H3,(H,22,26). The van der Waals surface area contributed by atoms with E-state index < -0.39 is 16.8 Å². The summed E-state index contributed by atoms with van der Waals surface area (Å²) >= 11 is 6.01. The highest BCUT2D eigenvalue weighted by Gasteiger charge is 2.22. The van der Waals surface area contributed by atoms with Crippen LogP contribution in [-0.2, 0) is 11.3 Å². The van der Waals surface area contributed by atoms with Gasteiger partial charge in [-0.05, 0) is 24.1 Å². The Morgan fingerprint density at radius 2 is 2.14 bits per heavy atom. The average molecular weight is 407 g/mol. The SMILES string of the molecule is CCC(C(=O)Nc1cnn(Cc2ccc(F)cc2Cl)c1)n1cc([N+](=O)[O-])cn1. The van der Waals surface area contributed by atoms with Crippen LogP contribution >= 0.6 is 11.6 Å². The third-order valence-electron chi connectivity index (χ3n) is 4.06. The minimum Gasteiger partial charge on any atom is -0.322 e. The second kappa shape index (κ2) is 8.17. The zero-order chi connectivity index (χ0) is 20.3. The second-order valence-corrected chi connectivity index (χ2v) is 6.42. The van der Waals surface area contributed by atoms with Gasteiger partial charge in [-0.15, -0.1) is 0 Å². The Balaban J connectivity index is 1.69. The maximum absolute atomic E-state index is 13.1. The second-order valence-electron chi connectivity index (χ2n) is 6.01. The molecule has 1 atom stereocenters. The summed E-state index contributed by atoms with van der Waals surface area (Å²) in [6.07, 6.45) is 5.78. The molecule has 0 aliphatic heterocycles. The van der Waals surface area contributed by atoms with Gasteiger partial charge in [-0.3, -0.25) is 24.3 Å². The molecule has 0 fully saturated rings. The van der Waals surface area contributed by atoms with Gasteiger partial charge in [-0.2, -0.15) is 10.2 Å². The van der Waals surface area contributed by atoms with Crippen LogP contribution in [-0.4, -0.2) is 30.4 Å². The zero-order valence-corrected chi connectivity index (χ0v) is 15.5. The summed E-state index contributed by atoms with van der Waals surface area (Å²) in [5.74, 6) is -0.800. The number of carbonyl (C=O) groups is 1. The molecule has 28 heavy (non-hydrogen) atoms. The van der Waals surface area contributed by atoms with Gasteiger partial charge in [0, 0.05) is 11.2 Å². The van der Waals surface area contributed by atoms with Crippen LogP contribution < -0.4 is 5.32 Å². The van der Waals surface area contributed by atoms with Crippen molar-refractivity contribution < 1.29 is 14.1 Å². The highest BCUT2D eigenvalue weighted by Crippen LogP contribution is 2.20. The molecule has 3 rings (SSSR count). The summed E-state index contributed by atoms with van der Waals surface area (Å²) in [5.41, 5.74) is 0.943. The number of carbonyl (C=O) groups excluding carboxylic acids is 1. The van der Waals surface area contributed by atoms with Crippen LogP contribution in [0.5, 0.6) is 0 Å². The minimum atomic E-state index is -0.705. The molecule has 2 heterocycles. The van der Waals surface area contributed by atoms with E-state index in [2.05, 4.69) is 15.5 Å². The minimum absolute atomic E-state index is 0.185. The van der Waals surface area contributed by atoms with Gasteiger partial charge in [0.05, 0.1) is 23.4 Å². The Bertz CT molecular complexity index is 1020. The van der Waals surface area contributed by atoms with Gasteiger partial charge in [0.1, 0.15) is 24.3 Å². The highest BCUT2D eigenvalue weighted by atomic mass is 35.5. The fraction of sp³-hybridized carbons (Fsp3) is 0.235. The Hall–Kier alpha value is -3.27. The van der Waals surface area contributed by atoms with Gasteiger partial charge >= 0.3 is 5.69 Å². The molecule has 0 bridgehead atoms. The van der Waals surface area contributed by atoms with Gasteiger partial charge < -0.3 is 5.32 Å². The monoisotopic (exact) mass is 406 g/mol. The summed E-state index contributed by atoms with van der Waals surface area (Å²) in [7, 11) is 0. The highest BCUT2D eigenvalue weighted by molar-refractivity contribution is 6.31. The molecule has 0 saturated carbocycles. The normalized spacial score (nSPS) is 12.0. The number of nitrogens with zero attached hydrogens (tertiary/aromatic N) is 5. The van der Waals surface area contributed by atoms with Crippen molar-refractivity contribution in [3.63, 3.8) is 0 Å². The van der Waals surface area contributed by atoms with Crippen LogP contribution in [0, 0.1) is 15.9 Å². The lowest BCUT2D eigenvalue weighted by molar-refractivity contribution is -0.385. The molecule has 0 aliphatic rings. The van der Waals surface area contributed by atoms with Crippen LogP contribution in [0.1, 0.15) is 24.9 Å². The van der Waals surface area contributed by atoms with Crippen LogP contribution in [0.25, 0.3) is 0 Å². The van der Waals surface area contributed by atoms with Crippen LogP contribution in [0.4, 0.5) is 15.8 Å². The Labute approximate surface area is 163 Å². The number of nitrogens with one attached hydrogen (secondary N) is 1. The molecule has 1 amide bonds. The van der Waals surface area contributed by atoms with Crippen molar-refractivity contribution in [3.8, 4) is 0 Å². The number of hydrogen-bond donors (Lipinski definition) is 1. The van der Waals surface area contributed by atoms with Crippen LogP contribution in [0.3, 0.4) is 0 Å². The number of benzene rings is 1. The van der Waals surface area contributed by atoms with E-state index in [0.29, 0.717) is 24.2 Å². The lowest BCUT2D eigenvalue weighted by Gasteiger charge is -2.14. The number of aromatic nitrogens is 4. The van der Waals surface area contributed by atoms with E-state index in [-0.39, 0.29) is 16.6 Å². The maximum Gasteiger partial charge on any atom is 0.307 e. The molecule has 3 aromatic rings. The van der Waals surface area contributed by atoms with Gasteiger partial charge in [0.25, 0.3) is 0 Å². The van der Waals surface area contributed by atoms with Crippen LogP contribution in [0.2, 0.25) is 5.02 Å². The fourth-order valence-electron chi connectivity index (χ4n) is 2.65. The van der Waals surface area contributed by atoms with Crippen molar-refractivity contribution in [2.75, 3.05) is 5.32 Å². The Morgan fingerprint density at radius 3 is 2.79 bits per heavy atom. The van der Waals surface area contributed by atoms with Crippen LogP contribution in [0.15, 0.2) is 43.0 Å². The predicted octanol–water partition coefficient (Wildman–Crippen LogP) is 3.42. The van der Waals surface area contributed by atoms with Crippen molar-refractivity contribution in [2.45, 2.75) is 25.9 Å². The number of halogens is 2. The van der Waals surface area contributed by atoms with Crippen molar-refractivity contribution >= 4 is 28.9 Å². The average Bonchev–Trinajstić information content (AvgIpc) is 3.28. The first kappa shape index (κ1) is 19.5. The molecule has 0 aliphatic carbocycles. The molecule has 11 heteroatoms. The van der Waals surface area contributed by atoms with E-state index in [4.69, 9.17) is 11.6 Å². The van der Waals surface area contributed by atoms with Gasteiger partial charge in [0.15, 0.2) is 0 Å². The summed E-state index contributed by atoms with van der Waals surface area (Å²) < 4.78 is 15.9. The smallest absolute Gasteiger partial charge is 0.307 e. The molecule has 0 radical (unpaired) electrons. The fourth-order valence-corrected chi connectivity index (χ4v) is 2.88. The quantitative estimate of drug-likeness (QED) is 0.477. The third-order valence-corrected chi connectivity index (χ3v) is 4.41. The first-order valence-electron chi connectivity index (χ1n) is 8.33. The maximum atomic E-state index is 13.1. The predicted molar refractivity (Wildman–Crippen MR) is 99.6 cm³/mol. The van der Waals surface area contributed by atoms with Crippen molar-refractivity contribution in [1.29, 1.82) is 0 Å².